The van der Waals surface area contributed by atoms with Crippen LogP contribution >= 0.6 is 0 Å². The second-order valence-corrected chi connectivity index (χ2v) is 5.78. The van der Waals surface area contributed by atoms with Crippen molar-refractivity contribution in [2.45, 2.75) is 38.3 Å². The Hall–Kier alpha value is -1.46. The molecule has 1 aromatic heterocycles. The van der Waals surface area contributed by atoms with E-state index in [9.17, 15) is 9.90 Å². The molecule has 1 aliphatic heterocycles. The summed E-state index contributed by atoms with van der Waals surface area (Å²) in [5, 5.41) is 9.19. The summed E-state index contributed by atoms with van der Waals surface area (Å²) in [5.74, 6) is -0.472. The molecule has 0 spiro atoms. The van der Waals surface area contributed by atoms with Gasteiger partial charge in [-0.2, -0.15) is 0 Å². The van der Waals surface area contributed by atoms with Crippen LogP contribution in [0.5, 0.6) is 0 Å². The molecule has 0 radical (unpaired) electrons. The van der Waals surface area contributed by atoms with Crippen molar-refractivity contribution in [1.29, 1.82) is 0 Å². The number of morpholine rings is 1. The van der Waals surface area contributed by atoms with Crippen LogP contribution in [0.25, 0.3) is 0 Å². The second kappa shape index (κ2) is 5.50. The summed E-state index contributed by atoms with van der Waals surface area (Å²) in [7, 11) is 0. The van der Waals surface area contributed by atoms with Crippen molar-refractivity contribution >= 4 is 5.97 Å². The van der Waals surface area contributed by atoms with E-state index < -0.39 is 5.97 Å². The Kier molecular flexibility index (Phi) is 3.72. The van der Waals surface area contributed by atoms with Crippen LogP contribution in [0.1, 0.15) is 47.4 Å². The maximum Gasteiger partial charge on any atom is 0.354 e. The predicted molar refractivity (Wildman–Crippen MR) is 73.9 cm³/mol. The molecule has 1 aromatic rings. The van der Waals surface area contributed by atoms with Crippen LogP contribution in [0.15, 0.2) is 12.1 Å². The van der Waals surface area contributed by atoms with E-state index in [0.29, 0.717) is 5.92 Å². The van der Waals surface area contributed by atoms with E-state index in [1.165, 1.54) is 0 Å². The number of hydrogen-bond donors (Lipinski definition) is 1. The molecule has 3 rings (SSSR count). The summed E-state index contributed by atoms with van der Waals surface area (Å²) in [6, 6.07) is 3.78. The highest BCUT2D eigenvalue weighted by Gasteiger charge is 2.27. The van der Waals surface area contributed by atoms with Gasteiger partial charge in [0.05, 0.1) is 12.7 Å². The number of carboxylic acid groups (broad SMARTS) is 1. The third-order valence-corrected chi connectivity index (χ3v) is 3.85. The van der Waals surface area contributed by atoms with Gasteiger partial charge in [0.1, 0.15) is 5.69 Å². The lowest BCUT2D eigenvalue weighted by Gasteiger charge is -2.31. The smallest absolute Gasteiger partial charge is 0.354 e. The number of aromatic carboxylic acids is 1. The first-order chi connectivity index (χ1) is 9.61. The highest BCUT2D eigenvalue weighted by molar-refractivity contribution is 5.85. The van der Waals surface area contributed by atoms with Crippen molar-refractivity contribution in [2.75, 3.05) is 19.7 Å². The van der Waals surface area contributed by atoms with Crippen LogP contribution in [0.2, 0.25) is 0 Å². The number of nitrogens with zero attached hydrogens (tertiary/aromatic N) is 2. The van der Waals surface area contributed by atoms with Gasteiger partial charge in [-0.1, -0.05) is 0 Å². The lowest BCUT2D eigenvalue weighted by molar-refractivity contribution is -0.0212. The van der Waals surface area contributed by atoms with Crippen molar-refractivity contribution in [1.82, 2.24) is 9.88 Å². The van der Waals surface area contributed by atoms with Crippen molar-refractivity contribution in [2.24, 2.45) is 0 Å². The molecule has 1 unspecified atom stereocenters. The van der Waals surface area contributed by atoms with Gasteiger partial charge < -0.3 is 9.84 Å². The van der Waals surface area contributed by atoms with Crippen molar-refractivity contribution in [3.05, 3.63) is 29.1 Å². The first-order valence-electron chi connectivity index (χ1n) is 7.20. The SMILES string of the molecule is CC1CN(Cc2cc(C(=O)O)nc(C3CC3)c2)CCO1. The Morgan fingerprint density at radius 3 is 2.95 bits per heavy atom. The molecule has 0 bridgehead atoms. The molecule has 2 aliphatic rings. The second-order valence-electron chi connectivity index (χ2n) is 5.78. The summed E-state index contributed by atoms with van der Waals surface area (Å²) in [6.07, 6.45) is 2.50. The van der Waals surface area contributed by atoms with Gasteiger partial charge >= 0.3 is 5.97 Å². The molecule has 1 atom stereocenters. The molecule has 1 aliphatic carbocycles. The van der Waals surface area contributed by atoms with Crippen LogP contribution in [-0.4, -0.2) is 46.8 Å². The van der Waals surface area contributed by atoms with E-state index in [1.54, 1.807) is 6.07 Å². The fraction of sp³-hybridized carbons (Fsp3) is 0.600. The summed E-state index contributed by atoms with van der Waals surface area (Å²) in [5.41, 5.74) is 2.17. The topological polar surface area (TPSA) is 62.7 Å². The van der Waals surface area contributed by atoms with Crippen LogP contribution in [0, 0.1) is 0 Å². The molecule has 5 nitrogen and oxygen atoms in total. The average Bonchev–Trinajstić information content (AvgIpc) is 3.22. The van der Waals surface area contributed by atoms with Crippen molar-refractivity contribution in [3.8, 4) is 0 Å². The number of ether oxygens (including phenoxy) is 1. The normalized spacial score (nSPS) is 23.8. The van der Waals surface area contributed by atoms with E-state index in [-0.39, 0.29) is 11.8 Å². The molecule has 1 saturated carbocycles. The van der Waals surface area contributed by atoms with Gasteiger partial charge in [-0.25, -0.2) is 9.78 Å². The van der Waals surface area contributed by atoms with Crippen molar-refractivity contribution in [3.63, 3.8) is 0 Å². The van der Waals surface area contributed by atoms with Gasteiger partial charge in [0, 0.05) is 31.2 Å². The quantitative estimate of drug-likeness (QED) is 0.909. The fourth-order valence-electron chi connectivity index (χ4n) is 2.69. The Bertz CT molecular complexity index is 514. The molecule has 2 heterocycles. The zero-order chi connectivity index (χ0) is 14.1. The summed E-state index contributed by atoms with van der Waals surface area (Å²) < 4.78 is 5.53. The van der Waals surface area contributed by atoms with E-state index in [4.69, 9.17) is 4.74 Å². The number of rotatable bonds is 4. The third kappa shape index (κ3) is 3.16. The monoisotopic (exact) mass is 276 g/mol. The highest BCUT2D eigenvalue weighted by Crippen LogP contribution is 2.39. The van der Waals surface area contributed by atoms with E-state index in [1.807, 2.05) is 0 Å². The van der Waals surface area contributed by atoms with E-state index in [0.717, 1.165) is 50.3 Å². The lowest BCUT2D eigenvalue weighted by Crippen LogP contribution is -2.40. The predicted octanol–water partition coefficient (Wildman–Crippen LogP) is 1.88. The number of hydrogen-bond acceptors (Lipinski definition) is 4. The van der Waals surface area contributed by atoms with Gasteiger partial charge in [0.15, 0.2) is 0 Å². The Balaban J connectivity index is 1.78. The van der Waals surface area contributed by atoms with E-state index >= 15 is 0 Å². The van der Waals surface area contributed by atoms with Gasteiger partial charge in [-0.05, 0) is 37.5 Å². The molecule has 20 heavy (non-hydrogen) atoms. The molecular weight excluding hydrogens is 256 g/mol. The fourth-order valence-corrected chi connectivity index (χ4v) is 2.69. The Morgan fingerprint density at radius 1 is 1.50 bits per heavy atom. The standard InChI is InChI=1S/C15H20N2O3/c1-10-8-17(4-5-20-10)9-11-6-13(12-2-3-12)16-14(7-11)15(18)19/h6-7,10,12H,2-5,8-9H2,1H3,(H,18,19). The third-order valence-electron chi connectivity index (χ3n) is 3.85. The average molecular weight is 276 g/mol. The molecule has 5 heteroatoms. The minimum atomic E-state index is -0.941. The maximum absolute atomic E-state index is 11.2. The number of pyridine rings is 1. The summed E-state index contributed by atoms with van der Waals surface area (Å²) >= 11 is 0. The molecule has 108 valence electrons. The minimum Gasteiger partial charge on any atom is -0.477 e. The zero-order valence-corrected chi connectivity index (χ0v) is 11.7. The number of aromatic nitrogens is 1. The minimum absolute atomic E-state index is 0.172. The summed E-state index contributed by atoms with van der Waals surface area (Å²) in [4.78, 5) is 17.8. The zero-order valence-electron chi connectivity index (χ0n) is 11.7. The number of carboxylic acids is 1. The molecule has 1 saturated heterocycles. The van der Waals surface area contributed by atoms with Crippen LogP contribution in [0.4, 0.5) is 0 Å². The van der Waals surface area contributed by atoms with Gasteiger partial charge in [-0.3, -0.25) is 4.90 Å². The van der Waals surface area contributed by atoms with Crippen LogP contribution in [-0.2, 0) is 11.3 Å². The van der Waals surface area contributed by atoms with Crippen LogP contribution < -0.4 is 0 Å². The molecule has 2 fully saturated rings. The van der Waals surface area contributed by atoms with Gasteiger partial charge in [0.25, 0.3) is 0 Å². The Morgan fingerprint density at radius 2 is 2.30 bits per heavy atom. The first kappa shape index (κ1) is 13.5. The summed E-state index contributed by atoms with van der Waals surface area (Å²) in [6.45, 7) is 5.37. The molecular formula is C15H20N2O3. The van der Waals surface area contributed by atoms with Crippen LogP contribution in [0.3, 0.4) is 0 Å². The largest absolute Gasteiger partial charge is 0.477 e. The maximum atomic E-state index is 11.2. The molecule has 0 amide bonds. The first-order valence-corrected chi connectivity index (χ1v) is 7.20. The van der Waals surface area contributed by atoms with E-state index in [2.05, 4.69) is 22.9 Å². The number of carbonyl (C=O) groups is 1. The highest BCUT2D eigenvalue weighted by atomic mass is 16.5. The molecule has 1 N–H and O–H groups in total. The lowest BCUT2D eigenvalue weighted by atomic mass is 10.1. The van der Waals surface area contributed by atoms with Gasteiger partial charge in [-0.15, -0.1) is 0 Å². The Labute approximate surface area is 118 Å². The van der Waals surface area contributed by atoms with Gasteiger partial charge in [0.2, 0.25) is 0 Å². The molecule has 0 aromatic carbocycles. The van der Waals surface area contributed by atoms with Crippen molar-refractivity contribution < 1.29 is 14.6 Å².